The van der Waals surface area contributed by atoms with Crippen molar-refractivity contribution in [2.75, 3.05) is 27.9 Å². The van der Waals surface area contributed by atoms with Crippen molar-refractivity contribution in [1.29, 1.82) is 0 Å². The molecule has 0 radical (unpaired) electrons. The van der Waals surface area contributed by atoms with Crippen molar-refractivity contribution in [2.45, 2.75) is 18.4 Å². The maximum absolute atomic E-state index is 14.6. The fourth-order valence-electron chi connectivity index (χ4n) is 2.54. The summed E-state index contributed by atoms with van der Waals surface area (Å²) in [5.41, 5.74) is 0.302. The molecule has 9 nitrogen and oxygen atoms in total. The number of ether oxygens (including phenoxy) is 4. The summed E-state index contributed by atoms with van der Waals surface area (Å²) in [7, 11) is 4.15. The minimum absolute atomic E-state index is 0.106. The molecule has 0 aliphatic heterocycles. The van der Waals surface area contributed by atoms with Crippen LogP contribution in [0.5, 0.6) is 11.5 Å². The fraction of sp³-hybridized carbons (Fsp3) is 0.318. The summed E-state index contributed by atoms with van der Waals surface area (Å²) < 4.78 is 34.8. The summed E-state index contributed by atoms with van der Waals surface area (Å²) in [5, 5.41) is 13.7. The molecule has 0 unspecified atom stereocenters. The number of nitrogens with zero attached hydrogens (tertiary/aromatic N) is 1. The zero-order valence-corrected chi connectivity index (χ0v) is 17.8. The van der Waals surface area contributed by atoms with Crippen LogP contribution in [0.2, 0.25) is 0 Å². The van der Waals surface area contributed by atoms with Crippen molar-refractivity contribution >= 4 is 18.2 Å². The molecule has 0 aliphatic rings. The summed E-state index contributed by atoms with van der Waals surface area (Å²) in [5.74, 6) is -0.594. The molecule has 0 heterocycles. The monoisotopic (exact) mass is 449 g/mol. The first-order valence-corrected chi connectivity index (χ1v) is 9.44. The van der Waals surface area contributed by atoms with Crippen LogP contribution >= 0.6 is 0 Å². The van der Waals surface area contributed by atoms with Crippen LogP contribution in [-0.2, 0) is 14.3 Å². The second-order valence-electron chi connectivity index (χ2n) is 6.37. The van der Waals surface area contributed by atoms with E-state index in [0.717, 1.165) is 6.21 Å². The number of methoxy groups -OCH3 is 2. The second kappa shape index (κ2) is 12.3. The predicted molar refractivity (Wildman–Crippen MR) is 112 cm³/mol. The number of halogens is 1. The van der Waals surface area contributed by atoms with Gasteiger partial charge in [0.15, 0.2) is 12.3 Å². The Morgan fingerprint density at radius 1 is 0.938 bits per heavy atom. The van der Waals surface area contributed by atoms with E-state index in [4.69, 9.17) is 18.9 Å². The highest BCUT2D eigenvalue weighted by molar-refractivity contribution is 5.90. The summed E-state index contributed by atoms with van der Waals surface area (Å²) in [4.78, 5) is 29.0. The summed E-state index contributed by atoms with van der Waals surface area (Å²) >= 11 is 0. The van der Waals surface area contributed by atoms with E-state index >= 15 is 0 Å². The molecule has 172 valence electrons. The maximum atomic E-state index is 14.6. The molecule has 0 spiro atoms. The Morgan fingerprint density at radius 3 is 1.91 bits per heavy atom. The van der Waals surface area contributed by atoms with Gasteiger partial charge in [0, 0.05) is 0 Å². The third kappa shape index (κ3) is 6.95. The van der Waals surface area contributed by atoms with Crippen LogP contribution < -0.4 is 9.47 Å². The van der Waals surface area contributed by atoms with E-state index < -0.39 is 36.9 Å². The molecule has 0 saturated heterocycles. The zero-order chi connectivity index (χ0) is 23.5. The number of rotatable bonds is 11. The molecule has 0 fully saturated rings. The van der Waals surface area contributed by atoms with E-state index in [1.165, 1.54) is 57.7 Å². The number of benzene rings is 2. The standard InChI is InChI=1S/C22H24FNO8/c1-28-16-8-4-14(5-9-16)21(26)31-13-19(25)20(18(23)12-24-30-3)32-22(27)15-6-10-17(29-2)11-7-15/h4-12,18-20,25H,13H2,1-3H3/t18-,19-,20+/m1/s1. The lowest BCUT2D eigenvalue weighted by Gasteiger charge is -2.24. The fourth-order valence-corrected chi connectivity index (χ4v) is 2.54. The van der Waals surface area contributed by atoms with Gasteiger partial charge in [-0.3, -0.25) is 0 Å². The Kier molecular flexibility index (Phi) is 9.43. The molecule has 0 aliphatic carbocycles. The lowest BCUT2D eigenvalue weighted by atomic mass is 10.1. The molecule has 2 rings (SSSR count). The van der Waals surface area contributed by atoms with E-state index in [2.05, 4.69) is 9.99 Å². The first kappa shape index (κ1) is 24.6. The summed E-state index contributed by atoms with van der Waals surface area (Å²) in [6, 6.07) is 12.0. The quantitative estimate of drug-likeness (QED) is 0.316. The highest BCUT2D eigenvalue weighted by Crippen LogP contribution is 2.17. The highest BCUT2D eigenvalue weighted by atomic mass is 19.1. The van der Waals surface area contributed by atoms with Crippen molar-refractivity contribution in [3.05, 3.63) is 59.7 Å². The molecule has 32 heavy (non-hydrogen) atoms. The number of aliphatic hydroxyl groups is 1. The van der Waals surface area contributed by atoms with Gasteiger partial charge >= 0.3 is 11.9 Å². The van der Waals surface area contributed by atoms with Gasteiger partial charge in [0.2, 0.25) is 0 Å². The zero-order valence-electron chi connectivity index (χ0n) is 17.8. The van der Waals surface area contributed by atoms with Gasteiger partial charge in [-0.2, -0.15) is 0 Å². The van der Waals surface area contributed by atoms with Crippen LogP contribution in [0.1, 0.15) is 20.7 Å². The summed E-state index contributed by atoms with van der Waals surface area (Å²) in [6.07, 6.45) is -4.71. The van der Waals surface area contributed by atoms with E-state index in [-0.39, 0.29) is 11.1 Å². The molecular formula is C22H24FNO8. The molecule has 10 heteroatoms. The average Bonchev–Trinajstić information content (AvgIpc) is 2.83. The molecule has 2 aromatic rings. The minimum atomic E-state index is -2.04. The lowest BCUT2D eigenvalue weighted by Crippen LogP contribution is -2.43. The largest absolute Gasteiger partial charge is 0.497 e. The van der Waals surface area contributed by atoms with E-state index in [0.29, 0.717) is 11.5 Å². The van der Waals surface area contributed by atoms with Gasteiger partial charge in [0.25, 0.3) is 0 Å². The van der Waals surface area contributed by atoms with Gasteiger partial charge < -0.3 is 28.9 Å². The van der Waals surface area contributed by atoms with Crippen LogP contribution in [0.15, 0.2) is 53.7 Å². The van der Waals surface area contributed by atoms with Crippen LogP contribution in [0.3, 0.4) is 0 Å². The molecule has 1 N–H and O–H groups in total. The number of hydrogen-bond donors (Lipinski definition) is 1. The number of alkyl halides is 1. The van der Waals surface area contributed by atoms with Crippen LogP contribution in [0, 0.1) is 0 Å². The highest BCUT2D eigenvalue weighted by Gasteiger charge is 2.33. The van der Waals surface area contributed by atoms with Crippen molar-refractivity contribution in [3.63, 3.8) is 0 Å². The number of hydrogen-bond acceptors (Lipinski definition) is 9. The first-order valence-electron chi connectivity index (χ1n) is 9.44. The molecule has 0 amide bonds. The molecule has 0 saturated carbocycles. The molecule has 0 aromatic heterocycles. The predicted octanol–water partition coefficient (Wildman–Crippen LogP) is 2.42. The molecule has 3 atom stereocenters. The maximum Gasteiger partial charge on any atom is 0.338 e. The lowest BCUT2D eigenvalue weighted by molar-refractivity contribution is -0.0594. The average molecular weight is 449 g/mol. The Morgan fingerprint density at radius 2 is 1.44 bits per heavy atom. The van der Waals surface area contributed by atoms with Crippen LogP contribution in [0.4, 0.5) is 4.39 Å². The van der Waals surface area contributed by atoms with Gasteiger partial charge in [-0.25, -0.2) is 14.0 Å². The van der Waals surface area contributed by atoms with Crippen molar-refractivity contribution < 1.29 is 42.9 Å². The van der Waals surface area contributed by atoms with Crippen LogP contribution in [0.25, 0.3) is 0 Å². The van der Waals surface area contributed by atoms with Crippen molar-refractivity contribution in [2.24, 2.45) is 5.16 Å². The van der Waals surface area contributed by atoms with E-state index in [1.807, 2.05) is 0 Å². The summed E-state index contributed by atoms with van der Waals surface area (Å²) in [6.45, 7) is -0.632. The number of esters is 2. The normalized spacial score (nSPS) is 13.7. The van der Waals surface area contributed by atoms with Gasteiger partial charge in [0.1, 0.15) is 31.3 Å². The number of oxime groups is 1. The van der Waals surface area contributed by atoms with Gasteiger partial charge in [-0.1, -0.05) is 5.16 Å². The number of carbonyl (C=O) groups is 2. The Labute approximate surface area is 184 Å². The first-order chi connectivity index (χ1) is 15.4. The minimum Gasteiger partial charge on any atom is -0.497 e. The van der Waals surface area contributed by atoms with Gasteiger partial charge in [-0.05, 0) is 48.5 Å². The third-order valence-corrected chi connectivity index (χ3v) is 4.28. The topological polar surface area (TPSA) is 113 Å². The number of aliphatic hydroxyl groups excluding tert-OH is 1. The molecule has 0 bridgehead atoms. The molecule has 2 aromatic carbocycles. The smallest absolute Gasteiger partial charge is 0.338 e. The Hall–Kier alpha value is -3.66. The molecular weight excluding hydrogens is 425 g/mol. The number of carbonyl (C=O) groups excluding carboxylic acids is 2. The second-order valence-corrected chi connectivity index (χ2v) is 6.37. The SMILES string of the molecule is CON=C[C@@H](F)[C@H](OC(=O)c1ccc(OC)cc1)[C@H](O)COC(=O)c1ccc(OC)cc1. The van der Waals surface area contributed by atoms with Crippen molar-refractivity contribution in [3.8, 4) is 11.5 Å². The van der Waals surface area contributed by atoms with E-state index in [9.17, 15) is 19.1 Å². The third-order valence-electron chi connectivity index (χ3n) is 4.28. The Bertz CT molecular complexity index is 901. The Balaban J connectivity index is 2.07. The van der Waals surface area contributed by atoms with Gasteiger partial charge in [-0.15, -0.1) is 0 Å². The van der Waals surface area contributed by atoms with Gasteiger partial charge in [0.05, 0.1) is 31.6 Å². The van der Waals surface area contributed by atoms with Crippen molar-refractivity contribution in [1.82, 2.24) is 0 Å². The van der Waals surface area contributed by atoms with Crippen LogP contribution in [-0.4, -0.2) is 69.6 Å². The van der Waals surface area contributed by atoms with E-state index in [1.54, 1.807) is 12.1 Å².